The molecular weight excluding hydrogens is 414 g/mol. The second kappa shape index (κ2) is 11.3. The van der Waals surface area contributed by atoms with Gasteiger partial charge in [-0.3, -0.25) is 0 Å². The van der Waals surface area contributed by atoms with Crippen LogP contribution in [0.25, 0.3) is 0 Å². The molecule has 1 fully saturated rings. The molecule has 0 aliphatic heterocycles. The molecule has 1 atom stereocenters. The molecule has 0 amide bonds. The zero-order chi connectivity index (χ0) is 23.2. The Balaban J connectivity index is 1.42. The highest BCUT2D eigenvalue weighted by molar-refractivity contribution is 5.41. The van der Waals surface area contributed by atoms with E-state index < -0.39 is 0 Å². The van der Waals surface area contributed by atoms with Crippen LogP contribution in [0.15, 0.2) is 43.0 Å². The van der Waals surface area contributed by atoms with Crippen LogP contribution < -0.4 is 4.74 Å². The number of hydrogen-bond donors (Lipinski definition) is 0. The highest BCUT2D eigenvalue weighted by Gasteiger charge is 2.28. The molecule has 4 rings (SSSR count). The standard InChI is InChI=1S/C30H38F2O/c1-3-5-6-16-33-27-15-14-23-17-25(13-12-24(23)18-27)30-28(31)19-26(20-29(30)32)22-10-8-21(7-4-2)9-11-22/h3,14-15,18-22,25H,1,4-13,16-17H2,2H3. The lowest BCUT2D eigenvalue weighted by Crippen LogP contribution is -2.17. The van der Waals surface area contributed by atoms with Gasteiger partial charge < -0.3 is 4.74 Å². The van der Waals surface area contributed by atoms with Crippen LogP contribution in [0.4, 0.5) is 8.78 Å². The summed E-state index contributed by atoms with van der Waals surface area (Å²) in [5.41, 5.74) is 3.57. The molecule has 178 valence electrons. The second-order valence-electron chi connectivity index (χ2n) is 10.1. The SMILES string of the molecule is C=CCCCOc1ccc2c(c1)CCC(c1c(F)cc(C3CCC(CCC)CC3)cc1F)C2. The second-order valence-corrected chi connectivity index (χ2v) is 10.1. The summed E-state index contributed by atoms with van der Waals surface area (Å²) < 4.78 is 36.3. The third kappa shape index (κ3) is 5.86. The minimum absolute atomic E-state index is 0.105. The Bertz CT molecular complexity index is 919. The maximum Gasteiger partial charge on any atom is 0.129 e. The van der Waals surface area contributed by atoms with Crippen molar-refractivity contribution < 1.29 is 13.5 Å². The first kappa shape index (κ1) is 24.0. The van der Waals surface area contributed by atoms with Crippen molar-refractivity contribution in [1.82, 2.24) is 0 Å². The average molecular weight is 453 g/mol. The normalized spacial score (nSPS) is 22.6. The number of aryl methyl sites for hydroxylation is 1. The molecule has 0 bridgehead atoms. The van der Waals surface area contributed by atoms with Crippen molar-refractivity contribution in [3.63, 3.8) is 0 Å². The van der Waals surface area contributed by atoms with Crippen molar-refractivity contribution in [2.24, 2.45) is 5.92 Å². The summed E-state index contributed by atoms with van der Waals surface area (Å²) in [5, 5.41) is 0. The molecule has 0 N–H and O–H groups in total. The summed E-state index contributed by atoms with van der Waals surface area (Å²) in [4.78, 5) is 0. The maximum atomic E-state index is 15.2. The fraction of sp³-hybridized carbons (Fsp3) is 0.533. The fourth-order valence-corrected chi connectivity index (χ4v) is 5.91. The molecule has 0 heterocycles. The summed E-state index contributed by atoms with van der Waals surface area (Å²) in [7, 11) is 0. The van der Waals surface area contributed by atoms with Gasteiger partial charge in [0.1, 0.15) is 17.4 Å². The van der Waals surface area contributed by atoms with Gasteiger partial charge in [-0.25, -0.2) is 8.78 Å². The van der Waals surface area contributed by atoms with Crippen molar-refractivity contribution >= 4 is 0 Å². The van der Waals surface area contributed by atoms with E-state index in [0.717, 1.165) is 55.8 Å². The number of fused-ring (bicyclic) bond motifs is 1. The van der Waals surface area contributed by atoms with Gasteiger partial charge in [0.25, 0.3) is 0 Å². The highest BCUT2D eigenvalue weighted by Crippen LogP contribution is 2.41. The first-order valence-corrected chi connectivity index (χ1v) is 12.9. The lowest BCUT2D eigenvalue weighted by atomic mass is 9.76. The van der Waals surface area contributed by atoms with Crippen LogP contribution in [0, 0.1) is 17.6 Å². The van der Waals surface area contributed by atoms with Crippen LogP contribution in [0.2, 0.25) is 0 Å². The Morgan fingerprint density at radius 3 is 2.42 bits per heavy atom. The van der Waals surface area contributed by atoms with Crippen LogP contribution in [0.3, 0.4) is 0 Å². The van der Waals surface area contributed by atoms with Crippen molar-refractivity contribution in [1.29, 1.82) is 0 Å². The smallest absolute Gasteiger partial charge is 0.129 e. The first-order chi connectivity index (χ1) is 16.1. The number of halogens is 2. The fourth-order valence-electron chi connectivity index (χ4n) is 5.91. The van der Waals surface area contributed by atoms with Crippen molar-refractivity contribution in [2.45, 2.75) is 89.4 Å². The maximum absolute atomic E-state index is 15.2. The lowest BCUT2D eigenvalue weighted by molar-refractivity contribution is 0.307. The van der Waals surface area contributed by atoms with Gasteiger partial charge >= 0.3 is 0 Å². The van der Waals surface area contributed by atoms with Gasteiger partial charge in [0.05, 0.1) is 6.61 Å². The van der Waals surface area contributed by atoms with E-state index in [0.29, 0.717) is 18.9 Å². The van der Waals surface area contributed by atoms with Gasteiger partial charge in [-0.15, -0.1) is 6.58 Å². The monoisotopic (exact) mass is 452 g/mol. The van der Waals surface area contributed by atoms with E-state index in [1.807, 2.05) is 12.1 Å². The van der Waals surface area contributed by atoms with Crippen molar-refractivity contribution in [3.8, 4) is 5.75 Å². The van der Waals surface area contributed by atoms with E-state index >= 15 is 8.78 Å². The van der Waals surface area contributed by atoms with Crippen LogP contribution in [-0.2, 0) is 12.8 Å². The zero-order valence-corrected chi connectivity index (χ0v) is 20.1. The van der Waals surface area contributed by atoms with Crippen LogP contribution in [0.5, 0.6) is 5.75 Å². The number of ether oxygens (including phenoxy) is 1. The molecule has 2 aliphatic rings. The topological polar surface area (TPSA) is 9.23 Å². The molecule has 2 aliphatic carbocycles. The van der Waals surface area contributed by atoms with E-state index in [1.165, 1.54) is 36.8 Å². The summed E-state index contributed by atoms with van der Waals surface area (Å²) in [6.45, 7) is 6.65. The largest absolute Gasteiger partial charge is 0.494 e. The predicted molar refractivity (Wildman–Crippen MR) is 132 cm³/mol. The zero-order valence-electron chi connectivity index (χ0n) is 20.1. The number of unbranched alkanes of at least 4 members (excludes halogenated alkanes) is 1. The van der Waals surface area contributed by atoms with E-state index in [1.54, 1.807) is 12.1 Å². The lowest BCUT2D eigenvalue weighted by Gasteiger charge is -2.30. The summed E-state index contributed by atoms with van der Waals surface area (Å²) in [5.74, 6) is 1.17. The van der Waals surface area contributed by atoms with Crippen LogP contribution in [0.1, 0.15) is 98.8 Å². The predicted octanol–water partition coefficient (Wildman–Crippen LogP) is 8.66. The molecule has 33 heavy (non-hydrogen) atoms. The minimum atomic E-state index is -0.351. The minimum Gasteiger partial charge on any atom is -0.494 e. The molecule has 2 aromatic carbocycles. The Morgan fingerprint density at radius 1 is 0.970 bits per heavy atom. The molecule has 0 spiro atoms. The van der Waals surface area contributed by atoms with Gasteiger partial charge in [-0.2, -0.15) is 0 Å². The Kier molecular flexibility index (Phi) is 8.22. The van der Waals surface area contributed by atoms with Crippen molar-refractivity contribution in [3.05, 3.63) is 76.9 Å². The van der Waals surface area contributed by atoms with Crippen LogP contribution in [-0.4, -0.2) is 6.61 Å². The van der Waals surface area contributed by atoms with Crippen LogP contribution >= 0.6 is 0 Å². The quantitative estimate of drug-likeness (QED) is 0.273. The van der Waals surface area contributed by atoms with E-state index in [-0.39, 0.29) is 23.1 Å². The third-order valence-corrected chi connectivity index (χ3v) is 7.75. The van der Waals surface area contributed by atoms with E-state index in [9.17, 15) is 0 Å². The number of rotatable bonds is 9. The number of hydrogen-bond acceptors (Lipinski definition) is 1. The molecule has 1 saturated carbocycles. The average Bonchev–Trinajstić information content (AvgIpc) is 2.82. The Labute approximate surface area is 198 Å². The van der Waals surface area contributed by atoms with Gasteiger partial charge in [-0.05, 0) is 116 Å². The summed E-state index contributed by atoms with van der Waals surface area (Å²) in [6.07, 6.45) is 13.1. The first-order valence-electron chi connectivity index (χ1n) is 12.9. The molecule has 3 heteroatoms. The number of benzene rings is 2. The summed E-state index contributed by atoms with van der Waals surface area (Å²) >= 11 is 0. The Hall–Kier alpha value is -2.16. The molecular formula is C30H38F2O. The van der Waals surface area contributed by atoms with Crippen molar-refractivity contribution in [2.75, 3.05) is 6.61 Å². The Morgan fingerprint density at radius 2 is 1.73 bits per heavy atom. The van der Waals surface area contributed by atoms with Gasteiger partial charge in [-0.1, -0.05) is 31.9 Å². The number of allylic oxidation sites excluding steroid dienone is 1. The van der Waals surface area contributed by atoms with Gasteiger partial charge in [0, 0.05) is 5.56 Å². The van der Waals surface area contributed by atoms with E-state index in [4.69, 9.17) is 4.74 Å². The molecule has 1 unspecified atom stereocenters. The molecule has 2 aromatic rings. The third-order valence-electron chi connectivity index (χ3n) is 7.75. The molecule has 0 saturated heterocycles. The van der Waals surface area contributed by atoms with E-state index in [2.05, 4.69) is 25.6 Å². The summed E-state index contributed by atoms with van der Waals surface area (Å²) in [6, 6.07) is 9.44. The van der Waals surface area contributed by atoms with Gasteiger partial charge in [0.15, 0.2) is 0 Å². The molecule has 0 radical (unpaired) electrons. The molecule has 0 aromatic heterocycles. The van der Waals surface area contributed by atoms with Gasteiger partial charge in [0.2, 0.25) is 0 Å². The highest BCUT2D eigenvalue weighted by atomic mass is 19.1. The molecule has 1 nitrogen and oxygen atoms in total.